The highest BCUT2D eigenvalue weighted by molar-refractivity contribution is 6.02. The van der Waals surface area contributed by atoms with Crippen LogP contribution in [0.25, 0.3) is 0 Å². The van der Waals surface area contributed by atoms with Crippen LogP contribution in [0.3, 0.4) is 0 Å². The predicted octanol–water partition coefficient (Wildman–Crippen LogP) is -0.982. The van der Waals surface area contributed by atoms with Crippen molar-refractivity contribution >= 4 is 23.5 Å². The van der Waals surface area contributed by atoms with E-state index in [-0.39, 0.29) is 30.7 Å². The van der Waals surface area contributed by atoms with Crippen LogP contribution in [0.15, 0.2) is 30.3 Å². The number of ketones is 1. The first-order valence-corrected chi connectivity index (χ1v) is 11.6. The standard InChI is InChI=1S/C24H32N4O6/c1-14(29)18(15(2)30)26-12-23(21(26)33)9-10-24(28(23)11-17-7-5-4-6-8-17)13-27(22(24)34)19(16(3)31)20(25)32/h4-8,14,16,18-19,29,31H,9-13H2,1-3H3,(H2,25,32)/t14-,16-,18+,19+,23?,24?/m1/s1. The molecule has 3 aliphatic heterocycles. The van der Waals surface area contributed by atoms with Crippen LogP contribution in [0.2, 0.25) is 0 Å². The molecule has 6 atom stereocenters. The second-order valence-electron chi connectivity index (χ2n) is 9.88. The number of hydrogen-bond acceptors (Lipinski definition) is 7. The third kappa shape index (κ3) is 3.43. The Balaban J connectivity index is 1.67. The average molecular weight is 473 g/mol. The Bertz CT molecular complexity index is 954. The normalized spacial score (nSPS) is 30.1. The molecular formula is C24H32N4O6. The molecule has 1 aromatic rings. The molecule has 3 aliphatic rings. The number of aliphatic hydroxyl groups excluding tert-OH is 2. The van der Waals surface area contributed by atoms with Crippen molar-refractivity contribution < 1.29 is 29.4 Å². The summed E-state index contributed by atoms with van der Waals surface area (Å²) < 4.78 is 0. The lowest BCUT2D eigenvalue weighted by atomic mass is 9.82. The highest BCUT2D eigenvalue weighted by atomic mass is 16.3. The number of hydrogen-bond donors (Lipinski definition) is 3. The first-order chi connectivity index (χ1) is 16.0. The topological polar surface area (TPSA) is 144 Å². The van der Waals surface area contributed by atoms with Crippen LogP contribution in [0.1, 0.15) is 39.2 Å². The summed E-state index contributed by atoms with van der Waals surface area (Å²) in [7, 11) is 0. The number of amides is 3. The van der Waals surface area contributed by atoms with Crippen molar-refractivity contribution in [3.63, 3.8) is 0 Å². The van der Waals surface area contributed by atoms with E-state index in [2.05, 4.69) is 0 Å². The van der Waals surface area contributed by atoms with Crippen LogP contribution < -0.4 is 5.73 Å². The van der Waals surface area contributed by atoms with Crippen LogP contribution >= 0.6 is 0 Å². The lowest BCUT2D eigenvalue weighted by molar-refractivity contribution is -0.192. The Morgan fingerprint density at radius 2 is 1.41 bits per heavy atom. The van der Waals surface area contributed by atoms with Crippen LogP contribution in [-0.4, -0.2) is 96.9 Å². The molecule has 2 spiro atoms. The molecule has 1 aromatic carbocycles. The molecule has 0 saturated carbocycles. The number of nitrogens with zero attached hydrogens (tertiary/aromatic N) is 3. The Labute approximate surface area is 198 Å². The number of carbonyl (C=O) groups excluding carboxylic acids is 4. The zero-order valence-electron chi connectivity index (χ0n) is 19.7. The molecule has 10 heteroatoms. The molecule has 184 valence electrons. The van der Waals surface area contributed by atoms with Gasteiger partial charge in [0.15, 0.2) is 5.78 Å². The maximum Gasteiger partial charge on any atom is 0.245 e. The van der Waals surface area contributed by atoms with Crippen molar-refractivity contribution in [2.45, 2.75) is 75.5 Å². The van der Waals surface area contributed by atoms with Gasteiger partial charge in [0.2, 0.25) is 17.7 Å². The van der Waals surface area contributed by atoms with Gasteiger partial charge in [-0.05, 0) is 39.2 Å². The van der Waals surface area contributed by atoms with E-state index in [1.807, 2.05) is 35.2 Å². The van der Waals surface area contributed by atoms with E-state index < -0.39 is 41.3 Å². The summed E-state index contributed by atoms with van der Waals surface area (Å²) in [4.78, 5) is 55.8. The fraction of sp³-hybridized carbons (Fsp3) is 0.583. The van der Waals surface area contributed by atoms with E-state index in [4.69, 9.17) is 5.73 Å². The number of nitrogens with two attached hydrogens (primary N) is 1. The molecular weight excluding hydrogens is 440 g/mol. The first-order valence-electron chi connectivity index (χ1n) is 11.6. The van der Waals surface area contributed by atoms with Gasteiger partial charge >= 0.3 is 0 Å². The number of rotatable bonds is 8. The van der Waals surface area contributed by atoms with E-state index in [0.29, 0.717) is 19.4 Å². The Morgan fingerprint density at radius 1 is 0.941 bits per heavy atom. The molecule has 0 bridgehead atoms. The molecule has 0 aliphatic carbocycles. The van der Waals surface area contributed by atoms with Crippen LogP contribution in [0.5, 0.6) is 0 Å². The fourth-order valence-electron chi connectivity index (χ4n) is 6.05. The molecule has 3 fully saturated rings. The van der Waals surface area contributed by atoms with Crippen molar-refractivity contribution in [1.82, 2.24) is 14.7 Å². The minimum absolute atomic E-state index is 0.165. The van der Waals surface area contributed by atoms with Gasteiger partial charge in [-0.2, -0.15) is 0 Å². The Morgan fingerprint density at radius 3 is 1.79 bits per heavy atom. The van der Waals surface area contributed by atoms with Crippen molar-refractivity contribution in [3.05, 3.63) is 35.9 Å². The number of likely N-dealkylation sites (tertiary alicyclic amines) is 3. The molecule has 0 radical (unpaired) electrons. The molecule has 34 heavy (non-hydrogen) atoms. The molecule has 2 unspecified atom stereocenters. The second-order valence-corrected chi connectivity index (χ2v) is 9.88. The van der Waals surface area contributed by atoms with Gasteiger partial charge in [-0.25, -0.2) is 0 Å². The molecule has 0 aromatic heterocycles. The first kappa shape index (κ1) is 24.3. The van der Waals surface area contributed by atoms with E-state index in [0.717, 1.165) is 5.56 Å². The fourth-order valence-corrected chi connectivity index (χ4v) is 6.05. The zero-order chi connectivity index (χ0) is 25.0. The third-order valence-electron chi connectivity index (χ3n) is 7.64. The van der Waals surface area contributed by atoms with Crippen LogP contribution in [0.4, 0.5) is 0 Å². The summed E-state index contributed by atoms with van der Waals surface area (Å²) in [5.41, 5.74) is 4.39. The predicted molar refractivity (Wildman–Crippen MR) is 121 cm³/mol. The summed E-state index contributed by atoms with van der Waals surface area (Å²) in [6, 6.07) is 7.39. The second kappa shape index (κ2) is 8.44. The van der Waals surface area contributed by atoms with Crippen molar-refractivity contribution in [1.29, 1.82) is 0 Å². The number of benzene rings is 1. The smallest absolute Gasteiger partial charge is 0.245 e. The molecule has 10 nitrogen and oxygen atoms in total. The number of carbonyl (C=O) groups is 4. The zero-order valence-corrected chi connectivity index (χ0v) is 19.7. The molecule has 4 N–H and O–H groups in total. The van der Waals surface area contributed by atoms with Crippen LogP contribution in [-0.2, 0) is 25.7 Å². The summed E-state index contributed by atoms with van der Waals surface area (Å²) in [6.45, 7) is 4.96. The van der Waals surface area contributed by atoms with Gasteiger partial charge in [-0.3, -0.25) is 24.1 Å². The van der Waals surface area contributed by atoms with Gasteiger partial charge in [0.1, 0.15) is 23.2 Å². The van der Waals surface area contributed by atoms with Crippen molar-refractivity contribution in [2.24, 2.45) is 5.73 Å². The maximum absolute atomic E-state index is 13.6. The van der Waals surface area contributed by atoms with Crippen LogP contribution in [0, 0.1) is 0 Å². The minimum atomic E-state index is -1.14. The summed E-state index contributed by atoms with van der Waals surface area (Å²) in [5.74, 6) is -1.70. The Hall–Kier alpha value is -2.82. The van der Waals surface area contributed by atoms with Gasteiger partial charge < -0.3 is 25.7 Å². The summed E-state index contributed by atoms with van der Waals surface area (Å²) >= 11 is 0. The van der Waals surface area contributed by atoms with Crippen molar-refractivity contribution in [3.8, 4) is 0 Å². The quantitative estimate of drug-likeness (QED) is 0.412. The van der Waals surface area contributed by atoms with E-state index in [1.54, 1.807) is 0 Å². The van der Waals surface area contributed by atoms with E-state index in [9.17, 15) is 29.4 Å². The number of β-lactam (4-membered cyclic amide) rings is 2. The highest BCUT2D eigenvalue weighted by Gasteiger charge is 2.73. The minimum Gasteiger partial charge on any atom is -0.391 e. The largest absolute Gasteiger partial charge is 0.391 e. The monoisotopic (exact) mass is 472 g/mol. The summed E-state index contributed by atoms with van der Waals surface area (Å²) in [5, 5.41) is 20.2. The Kier molecular flexibility index (Phi) is 6.03. The maximum atomic E-state index is 13.6. The lowest BCUT2D eigenvalue weighted by Gasteiger charge is -2.60. The SMILES string of the molecule is CC(=O)[C@H]([C@@H](C)O)N1CC2(CCC3(CN([C@H](C(N)=O)[C@@H](C)O)C3=O)N2Cc2ccccc2)C1=O. The van der Waals surface area contributed by atoms with Gasteiger partial charge in [-0.1, -0.05) is 30.3 Å². The summed E-state index contributed by atoms with van der Waals surface area (Å²) in [6.07, 6.45) is -1.32. The molecule has 3 amide bonds. The number of primary amides is 1. The van der Waals surface area contributed by atoms with E-state index in [1.165, 1.54) is 30.6 Å². The van der Waals surface area contributed by atoms with E-state index >= 15 is 0 Å². The van der Waals surface area contributed by atoms with Gasteiger partial charge in [-0.15, -0.1) is 0 Å². The molecule has 3 saturated heterocycles. The van der Waals surface area contributed by atoms with Gasteiger partial charge in [0.25, 0.3) is 0 Å². The highest BCUT2D eigenvalue weighted by Crippen LogP contribution is 2.53. The van der Waals surface area contributed by atoms with Gasteiger partial charge in [0.05, 0.1) is 12.2 Å². The van der Waals surface area contributed by atoms with Gasteiger partial charge in [0, 0.05) is 19.6 Å². The van der Waals surface area contributed by atoms with Crippen molar-refractivity contribution in [2.75, 3.05) is 13.1 Å². The molecule has 4 rings (SSSR count). The third-order valence-corrected chi connectivity index (χ3v) is 7.64. The molecule has 3 heterocycles. The average Bonchev–Trinajstić information content (AvgIpc) is 3.11. The number of aliphatic hydroxyl groups is 2. The number of Topliss-reactive ketones (excluding diaryl/α,β-unsaturated/α-hetero) is 1. The lowest BCUT2D eigenvalue weighted by Crippen LogP contribution is -2.83.